The standard InChI is InChI=1S/C18H8Cl4N2/c19-13-1-10(2-14(20)6-13)17-9-24-18(5-12(17)8-23)11-3-15(21)7-16(22)4-11/h1-7,9H. The van der Waals surface area contributed by atoms with E-state index in [0.29, 0.717) is 36.9 Å². The molecule has 0 radical (unpaired) electrons. The van der Waals surface area contributed by atoms with Gasteiger partial charge in [0.15, 0.2) is 0 Å². The Morgan fingerprint density at radius 2 is 1.21 bits per heavy atom. The van der Waals surface area contributed by atoms with Crippen LogP contribution in [0.4, 0.5) is 0 Å². The summed E-state index contributed by atoms with van der Waals surface area (Å²) in [5, 5.41) is 11.5. The van der Waals surface area contributed by atoms with Crippen molar-refractivity contribution >= 4 is 46.4 Å². The van der Waals surface area contributed by atoms with Crippen LogP contribution in [-0.4, -0.2) is 4.98 Å². The molecule has 0 atom stereocenters. The van der Waals surface area contributed by atoms with E-state index in [-0.39, 0.29) is 0 Å². The van der Waals surface area contributed by atoms with Gasteiger partial charge in [-0.05, 0) is 48.0 Å². The zero-order valence-electron chi connectivity index (χ0n) is 12.0. The van der Waals surface area contributed by atoms with Crippen molar-refractivity contribution < 1.29 is 0 Å². The van der Waals surface area contributed by atoms with Gasteiger partial charge in [0.05, 0.1) is 17.3 Å². The Bertz CT molecular complexity index is 937. The van der Waals surface area contributed by atoms with Gasteiger partial charge in [0.2, 0.25) is 0 Å². The Hall–Kier alpha value is -1.76. The highest BCUT2D eigenvalue weighted by Crippen LogP contribution is 2.32. The van der Waals surface area contributed by atoms with Gasteiger partial charge in [-0.2, -0.15) is 5.26 Å². The zero-order valence-corrected chi connectivity index (χ0v) is 15.0. The summed E-state index contributed by atoms with van der Waals surface area (Å²) >= 11 is 24.1. The third-order valence-corrected chi connectivity index (χ3v) is 4.23. The molecule has 0 aliphatic heterocycles. The lowest BCUT2D eigenvalue weighted by atomic mass is 10.0. The van der Waals surface area contributed by atoms with Crippen LogP contribution in [0.15, 0.2) is 48.7 Å². The van der Waals surface area contributed by atoms with E-state index in [1.807, 2.05) is 0 Å². The second-order valence-electron chi connectivity index (χ2n) is 5.04. The van der Waals surface area contributed by atoms with E-state index in [2.05, 4.69) is 11.1 Å². The summed E-state index contributed by atoms with van der Waals surface area (Å²) in [5.74, 6) is 0. The number of nitrogens with zero attached hydrogens (tertiary/aromatic N) is 2. The van der Waals surface area contributed by atoms with Crippen molar-refractivity contribution in [1.29, 1.82) is 5.26 Å². The van der Waals surface area contributed by atoms with Crippen molar-refractivity contribution in [2.45, 2.75) is 0 Å². The number of hydrogen-bond donors (Lipinski definition) is 0. The van der Waals surface area contributed by atoms with Gasteiger partial charge in [-0.1, -0.05) is 46.4 Å². The fourth-order valence-electron chi connectivity index (χ4n) is 2.35. The van der Waals surface area contributed by atoms with Crippen LogP contribution in [0.5, 0.6) is 0 Å². The molecule has 0 N–H and O–H groups in total. The summed E-state index contributed by atoms with van der Waals surface area (Å²) in [6.45, 7) is 0. The van der Waals surface area contributed by atoms with Crippen LogP contribution >= 0.6 is 46.4 Å². The van der Waals surface area contributed by atoms with E-state index in [9.17, 15) is 5.26 Å². The number of hydrogen-bond acceptors (Lipinski definition) is 2. The van der Waals surface area contributed by atoms with Crippen LogP contribution in [0.3, 0.4) is 0 Å². The summed E-state index contributed by atoms with van der Waals surface area (Å²) in [5.41, 5.74) is 3.17. The second kappa shape index (κ2) is 7.01. The molecule has 0 fully saturated rings. The maximum Gasteiger partial charge on any atom is 0.0999 e. The van der Waals surface area contributed by atoms with Crippen molar-refractivity contribution in [3.8, 4) is 28.5 Å². The molecular weight excluding hydrogens is 386 g/mol. The fourth-order valence-corrected chi connectivity index (χ4v) is 3.40. The smallest absolute Gasteiger partial charge is 0.0999 e. The lowest BCUT2D eigenvalue weighted by molar-refractivity contribution is 1.31. The number of pyridine rings is 1. The molecule has 0 spiro atoms. The molecule has 0 aliphatic carbocycles. The number of aromatic nitrogens is 1. The van der Waals surface area contributed by atoms with Crippen LogP contribution < -0.4 is 0 Å². The first-order valence-electron chi connectivity index (χ1n) is 6.79. The van der Waals surface area contributed by atoms with E-state index < -0.39 is 0 Å². The van der Waals surface area contributed by atoms with E-state index >= 15 is 0 Å². The molecule has 3 rings (SSSR count). The first kappa shape index (κ1) is 17.1. The molecule has 0 bridgehead atoms. The van der Waals surface area contributed by atoms with Crippen LogP contribution in [0, 0.1) is 11.3 Å². The third kappa shape index (κ3) is 3.66. The summed E-state index contributed by atoms with van der Waals surface area (Å²) in [4.78, 5) is 4.42. The number of nitriles is 1. The highest BCUT2D eigenvalue weighted by atomic mass is 35.5. The van der Waals surface area contributed by atoms with Crippen molar-refractivity contribution in [2.24, 2.45) is 0 Å². The Labute approximate surface area is 159 Å². The Morgan fingerprint density at radius 1 is 0.708 bits per heavy atom. The van der Waals surface area contributed by atoms with Crippen molar-refractivity contribution in [3.63, 3.8) is 0 Å². The van der Waals surface area contributed by atoms with Gasteiger partial charge < -0.3 is 0 Å². The number of halogens is 4. The Morgan fingerprint density at radius 3 is 1.71 bits per heavy atom. The van der Waals surface area contributed by atoms with Gasteiger partial charge >= 0.3 is 0 Å². The zero-order chi connectivity index (χ0) is 17.3. The SMILES string of the molecule is N#Cc1cc(-c2cc(Cl)cc(Cl)c2)ncc1-c1cc(Cl)cc(Cl)c1. The van der Waals surface area contributed by atoms with Crippen LogP contribution in [-0.2, 0) is 0 Å². The number of rotatable bonds is 2. The molecule has 118 valence electrons. The minimum atomic E-state index is 0.453. The largest absolute Gasteiger partial charge is 0.256 e. The maximum absolute atomic E-state index is 9.50. The highest BCUT2D eigenvalue weighted by molar-refractivity contribution is 6.35. The molecule has 0 saturated heterocycles. The Balaban J connectivity index is 2.13. The molecule has 1 aromatic heterocycles. The van der Waals surface area contributed by atoms with Gasteiger partial charge in [-0.3, -0.25) is 4.98 Å². The van der Waals surface area contributed by atoms with Gasteiger partial charge in [0.25, 0.3) is 0 Å². The van der Waals surface area contributed by atoms with Gasteiger partial charge in [-0.15, -0.1) is 0 Å². The summed E-state index contributed by atoms with van der Waals surface area (Å²) < 4.78 is 0. The molecule has 3 aromatic rings. The average Bonchev–Trinajstić information content (AvgIpc) is 2.52. The molecule has 2 aromatic carbocycles. The summed E-state index contributed by atoms with van der Waals surface area (Å²) in [7, 11) is 0. The van der Waals surface area contributed by atoms with Gasteiger partial charge in [0, 0.05) is 37.4 Å². The minimum absolute atomic E-state index is 0.453. The lowest BCUT2D eigenvalue weighted by Crippen LogP contribution is -1.91. The van der Waals surface area contributed by atoms with Crippen molar-refractivity contribution in [2.75, 3.05) is 0 Å². The topological polar surface area (TPSA) is 36.7 Å². The van der Waals surface area contributed by atoms with Gasteiger partial charge in [0.1, 0.15) is 0 Å². The van der Waals surface area contributed by atoms with E-state index in [4.69, 9.17) is 46.4 Å². The van der Waals surface area contributed by atoms with E-state index in [0.717, 1.165) is 11.1 Å². The van der Waals surface area contributed by atoms with Crippen molar-refractivity contribution in [3.05, 3.63) is 74.3 Å². The summed E-state index contributed by atoms with van der Waals surface area (Å²) in [6.07, 6.45) is 1.62. The van der Waals surface area contributed by atoms with E-state index in [1.54, 1.807) is 48.7 Å². The predicted octanol–water partition coefficient (Wildman–Crippen LogP) is 6.90. The predicted molar refractivity (Wildman–Crippen MR) is 99.9 cm³/mol. The minimum Gasteiger partial charge on any atom is -0.256 e. The van der Waals surface area contributed by atoms with Gasteiger partial charge in [-0.25, -0.2) is 0 Å². The fraction of sp³-hybridized carbons (Fsp3) is 0. The molecule has 0 saturated carbocycles. The monoisotopic (exact) mass is 392 g/mol. The first-order chi connectivity index (χ1) is 11.5. The van der Waals surface area contributed by atoms with Crippen LogP contribution in [0.2, 0.25) is 20.1 Å². The summed E-state index contributed by atoms with van der Waals surface area (Å²) in [6, 6.07) is 14.1. The maximum atomic E-state index is 9.50. The first-order valence-corrected chi connectivity index (χ1v) is 8.30. The molecular formula is C18H8Cl4N2. The molecule has 0 aliphatic rings. The van der Waals surface area contributed by atoms with E-state index in [1.165, 1.54) is 0 Å². The number of benzene rings is 2. The highest BCUT2D eigenvalue weighted by Gasteiger charge is 2.11. The molecule has 0 amide bonds. The van der Waals surface area contributed by atoms with Crippen LogP contribution in [0.1, 0.15) is 5.56 Å². The van der Waals surface area contributed by atoms with Crippen LogP contribution in [0.25, 0.3) is 22.4 Å². The second-order valence-corrected chi connectivity index (χ2v) is 6.79. The molecule has 1 heterocycles. The quantitative estimate of drug-likeness (QED) is 0.474. The lowest BCUT2D eigenvalue weighted by Gasteiger charge is -2.08. The molecule has 0 unspecified atom stereocenters. The third-order valence-electron chi connectivity index (χ3n) is 3.36. The normalized spacial score (nSPS) is 10.5. The molecule has 24 heavy (non-hydrogen) atoms. The molecule has 2 nitrogen and oxygen atoms in total. The van der Waals surface area contributed by atoms with Crippen molar-refractivity contribution in [1.82, 2.24) is 4.98 Å². The average molecular weight is 394 g/mol. The molecule has 6 heteroatoms. The Kier molecular flexibility index (Phi) is 4.99.